The van der Waals surface area contributed by atoms with E-state index < -0.39 is 6.10 Å². The van der Waals surface area contributed by atoms with E-state index >= 15 is 0 Å². The SMILES string of the molecule is CC(C)C(C(O)c1ccccc1)N1CCCC(C)(C)CC1. The second kappa shape index (κ2) is 6.93. The Morgan fingerprint density at radius 2 is 1.71 bits per heavy atom. The molecule has 1 heterocycles. The lowest BCUT2D eigenvalue weighted by atomic mass is 9.85. The van der Waals surface area contributed by atoms with Crippen molar-refractivity contribution in [3.05, 3.63) is 35.9 Å². The second-order valence-electron chi connectivity index (χ2n) is 7.64. The fraction of sp³-hybridized carbons (Fsp3) is 0.684. The van der Waals surface area contributed by atoms with Crippen molar-refractivity contribution >= 4 is 0 Å². The number of likely N-dealkylation sites (tertiary alicyclic amines) is 1. The van der Waals surface area contributed by atoms with Gasteiger partial charge in [0, 0.05) is 6.04 Å². The van der Waals surface area contributed by atoms with E-state index in [1.165, 1.54) is 19.3 Å². The van der Waals surface area contributed by atoms with Crippen LogP contribution in [0, 0.1) is 11.3 Å². The molecule has 1 aromatic carbocycles. The molecule has 2 heteroatoms. The molecule has 0 radical (unpaired) electrons. The predicted octanol–water partition coefficient (Wildman–Crippen LogP) is 4.26. The molecule has 2 rings (SSSR count). The third-order valence-corrected chi connectivity index (χ3v) is 4.94. The van der Waals surface area contributed by atoms with Crippen LogP contribution in [0.2, 0.25) is 0 Å². The Morgan fingerprint density at radius 3 is 2.33 bits per heavy atom. The van der Waals surface area contributed by atoms with Crippen molar-refractivity contribution in [3.63, 3.8) is 0 Å². The first-order valence-corrected chi connectivity index (χ1v) is 8.38. The summed E-state index contributed by atoms with van der Waals surface area (Å²) in [6.45, 7) is 11.4. The largest absolute Gasteiger partial charge is 0.387 e. The van der Waals surface area contributed by atoms with E-state index in [0.29, 0.717) is 11.3 Å². The minimum absolute atomic E-state index is 0.210. The van der Waals surface area contributed by atoms with Crippen molar-refractivity contribution in [3.8, 4) is 0 Å². The molecule has 2 atom stereocenters. The maximum absolute atomic E-state index is 10.9. The van der Waals surface area contributed by atoms with Crippen molar-refractivity contribution in [2.75, 3.05) is 13.1 Å². The summed E-state index contributed by atoms with van der Waals surface area (Å²) in [7, 11) is 0. The maximum atomic E-state index is 10.9. The van der Waals surface area contributed by atoms with Gasteiger partial charge in [-0.15, -0.1) is 0 Å². The molecule has 118 valence electrons. The number of benzene rings is 1. The van der Waals surface area contributed by atoms with Gasteiger partial charge in [0.1, 0.15) is 0 Å². The first-order valence-electron chi connectivity index (χ1n) is 8.38. The molecule has 0 aliphatic carbocycles. The number of nitrogens with zero attached hydrogens (tertiary/aromatic N) is 1. The molecule has 0 spiro atoms. The third kappa shape index (κ3) is 4.31. The zero-order chi connectivity index (χ0) is 15.5. The molecule has 0 bridgehead atoms. The Kier molecular flexibility index (Phi) is 5.45. The highest BCUT2D eigenvalue weighted by atomic mass is 16.3. The van der Waals surface area contributed by atoms with Crippen LogP contribution in [0.15, 0.2) is 30.3 Å². The Balaban J connectivity index is 2.15. The van der Waals surface area contributed by atoms with Crippen LogP contribution >= 0.6 is 0 Å². The Hall–Kier alpha value is -0.860. The topological polar surface area (TPSA) is 23.5 Å². The van der Waals surface area contributed by atoms with Crippen LogP contribution in [-0.2, 0) is 0 Å². The van der Waals surface area contributed by atoms with Crippen LogP contribution in [0.3, 0.4) is 0 Å². The van der Waals surface area contributed by atoms with E-state index in [2.05, 4.69) is 32.6 Å². The molecule has 1 aliphatic rings. The monoisotopic (exact) mass is 289 g/mol. The van der Waals surface area contributed by atoms with Crippen molar-refractivity contribution < 1.29 is 5.11 Å². The highest BCUT2D eigenvalue weighted by Crippen LogP contribution is 2.34. The molecule has 1 fully saturated rings. The smallest absolute Gasteiger partial charge is 0.0947 e. The van der Waals surface area contributed by atoms with Gasteiger partial charge in [-0.1, -0.05) is 58.0 Å². The van der Waals surface area contributed by atoms with Gasteiger partial charge in [0.2, 0.25) is 0 Å². The number of hydrogen-bond donors (Lipinski definition) is 1. The Labute approximate surface area is 130 Å². The van der Waals surface area contributed by atoms with Crippen LogP contribution in [-0.4, -0.2) is 29.1 Å². The average Bonchev–Trinajstić information content (AvgIpc) is 2.61. The maximum Gasteiger partial charge on any atom is 0.0947 e. The van der Waals surface area contributed by atoms with Crippen molar-refractivity contribution in [1.82, 2.24) is 4.90 Å². The van der Waals surface area contributed by atoms with Crippen LogP contribution in [0.5, 0.6) is 0 Å². The molecule has 1 N–H and O–H groups in total. The van der Waals surface area contributed by atoms with E-state index in [-0.39, 0.29) is 6.04 Å². The lowest BCUT2D eigenvalue weighted by molar-refractivity contribution is 0.0227. The second-order valence-corrected chi connectivity index (χ2v) is 7.64. The van der Waals surface area contributed by atoms with E-state index in [9.17, 15) is 5.11 Å². The van der Waals surface area contributed by atoms with Gasteiger partial charge < -0.3 is 5.11 Å². The highest BCUT2D eigenvalue weighted by Gasteiger charge is 2.33. The van der Waals surface area contributed by atoms with Gasteiger partial charge >= 0.3 is 0 Å². The summed E-state index contributed by atoms with van der Waals surface area (Å²) >= 11 is 0. The molecule has 0 saturated carbocycles. The lowest BCUT2D eigenvalue weighted by Gasteiger charge is -2.37. The van der Waals surface area contributed by atoms with Crippen LogP contribution < -0.4 is 0 Å². The van der Waals surface area contributed by atoms with Gasteiger partial charge in [-0.05, 0) is 49.2 Å². The standard InChI is InChI=1S/C19H31NO/c1-15(2)17(18(21)16-9-6-5-7-10-16)20-13-8-11-19(3,4)12-14-20/h5-7,9-10,15,17-18,21H,8,11-14H2,1-4H3. The van der Waals surface area contributed by atoms with Crippen LogP contribution in [0.4, 0.5) is 0 Å². The van der Waals surface area contributed by atoms with Crippen molar-refractivity contribution in [1.29, 1.82) is 0 Å². The van der Waals surface area contributed by atoms with Gasteiger partial charge in [-0.25, -0.2) is 0 Å². The van der Waals surface area contributed by atoms with Crippen molar-refractivity contribution in [2.45, 2.75) is 59.1 Å². The molecule has 0 aromatic heterocycles. The number of rotatable bonds is 4. The summed E-state index contributed by atoms with van der Waals surface area (Å²) in [5.41, 5.74) is 1.48. The van der Waals surface area contributed by atoms with Crippen LogP contribution in [0.25, 0.3) is 0 Å². The average molecular weight is 289 g/mol. The molecule has 2 nitrogen and oxygen atoms in total. The van der Waals surface area contributed by atoms with E-state index in [1.807, 2.05) is 30.3 Å². The zero-order valence-electron chi connectivity index (χ0n) is 14.0. The normalized spacial score (nSPS) is 22.8. The van der Waals surface area contributed by atoms with E-state index in [1.54, 1.807) is 0 Å². The summed E-state index contributed by atoms with van der Waals surface area (Å²) in [5, 5.41) is 10.9. The number of aliphatic hydroxyl groups excluding tert-OH is 1. The zero-order valence-corrected chi connectivity index (χ0v) is 14.0. The first kappa shape index (κ1) is 16.5. The molecule has 0 amide bonds. The molecule has 1 saturated heterocycles. The molecular weight excluding hydrogens is 258 g/mol. The summed E-state index contributed by atoms with van der Waals surface area (Å²) in [5.74, 6) is 0.446. The van der Waals surface area contributed by atoms with E-state index in [4.69, 9.17) is 0 Å². The fourth-order valence-electron chi connectivity index (χ4n) is 3.58. The van der Waals surface area contributed by atoms with Crippen molar-refractivity contribution in [2.24, 2.45) is 11.3 Å². The summed E-state index contributed by atoms with van der Waals surface area (Å²) in [6, 6.07) is 10.3. The summed E-state index contributed by atoms with van der Waals surface area (Å²) < 4.78 is 0. The third-order valence-electron chi connectivity index (χ3n) is 4.94. The molecular formula is C19H31NO. The molecule has 2 unspecified atom stereocenters. The highest BCUT2D eigenvalue weighted by molar-refractivity contribution is 5.19. The summed E-state index contributed by atoms with van der Waals surface area (Å²) in [6.07, 6.45) is 3.35. The van der Waals surface area contributed by atoms with Gasteiger partial charge in [0.05, 0.1) is 6.10 Å². The lowest BCUT2D eigenvalue weighted by Crippen LogP contribution is -2.44. The van der Waals surface area contributed by atoms with E-state index in [0.717, 1.165) is 18.7 Å². The first-order chi connectivity index (χ1) is 9.91. The van der Waals surface area contributed by atoms with Gasteiger partial charge in [-0.2, -0.15) is 0 Å². The minimum Gasteiger partial charge on any atom is -0.387 e. The number of aliphatic hydroxyl groups is 1. The predicted molar refractivity (Wildman–Crippen MR) is 89.2 cm³/mol. The van der Waals surface area contributed by atoms with Gasteiger partial charge in [-0.3, -0.25) is 4.90 Å². The van der Waals surface area contributed by atoms with Gasteiger partial charge in [0.25, 0.3) is 0 Å². The Morgan fingerprint density at radius 1 is 1.05 bits per heavy atom. The minimum atomic E-state index is -0.396. The molecule has 1 aliphatic heterocycles. The quantitative estimate of drug-likeness (QED) is 0.895. The molecule has 1 aromatic rings. The van der Waals surface area contributed by atoms with Gasteiger partial charge in [0.15, 0.2) is 0 Å². The number of hydrogen-bond acceptors (Lipinski definition) is 2. The Bertz CT molecular complexity index is 426. The van der Waals surface area contributed by atoms with Crippen LogP contribution in [0.1, 0.15) is 58.6 Å². The molecule has 21 heavy (non-hydrogen) atoms. The fourth-order valence-corrected chi connectivity index (χ4v) is 3.58. The summed E-state index contributed by atoms with van der Waals surface area (Å²) in [4.78, 5) is 2.52.